The zero-order valence-corrected chi connectivity index (χ0v) is 8.88. The Bertz CT molecular complexity index is 463. The Morgan fingerprint density at radius 1 is 1.40 bits per heavy atom. The molecule has 0 aliphatic carbocycles. The second kappa shape index (κ2) is 4.75. The molecule has 0 radical (unpaired) electrons. The summed E-state index contributed by atoms with van der Waals surface area (Å²) in [5.74, 6) is 0. The third-order valence-electron chi connectivity index (χ3n) is 2.05. The van der Waals surface area contributed by atoms with Crippen molar-refractivity contribution >= 4 is 17.2 Å². The van der Waals surface area contributed by atoms with E-state index in [1.54, 1.807) is 17.8 Å². The highest BCUT2D eigenvalue weighted by Crippen LogP contribution is 2.02. The lowest BCUT2D eigenvalue weighted by Gasteiger charge is -2.02. The van der Waals surface area contributed by atoms with E-state index in [4.69, 9.17) is 0 Å². The summed E-state index contributed by atoms with van der Waals surface area (Å²) in [4.78, 5) is 15.1. The van der Waals surface area contributed by atoms with Crippen LogP contribution in [0.2, 0.25) is 0 Å². The Balaban J connectivity index is 1.86. The zero-order valence-electron chi connectivity index (χ0n) is 8.06. The topological polar surface area (TPSA) is 57.8 Å². The van der Waals surface area contributed by atoms with Gasteiger partial charge in [-0.2, -0.15) is 0 Å². The van der Waals surface area contributed by atoms with Crippen molar-refractivity contribution in [3.63, 3.8) is 0 Å². The molecule has 2 aromatic rings. The normalized spacial score (nSPS) is 10.1. The molecule has 0 spiro atoms. The molecule has 0 saturated carbocycles. The molecule has 0 unspecified atom stereocenters. The van der Waals surface area contributed by atoms with Crippen LogP contribution in [0.15, 0.2) is 34.7 Å². The van der Waals surface area contributed by atoms with E-state index in [1.807, 2.05) is 12.1 Å². The third kappa shape index (κ3) is 2.66. The molecule has 15 heavy (non-hydrogen) atoms. The smallest absolute Gasteiger partial charge is 0.281 e. The van der Waals surface area contributed by atoms with Crippen LogP contribution in [-0.4, -0.2) is 15.9 Å². The van der Waals surface area contributed by atoms with E-state index in [0.717, 1.165) is 13.0 Å². The second-order valence-corrected chi connectivity index (χ2v) is 3.79. The number of nitrogens with zero attached hydrogens (tertiary/aromatic N) is 1. The highest BCUT2D eigenvalue weighted by atomic mass is 32.1. The van der Waals surface area contributed by atoms with E-state index < -0.39 is 0 Å². The number of rotatable bonds is 4. The minimum Gasteiger partial charge on any atom is -0.380 e. The molecule has 0 bridgehead atoms. The number of pyridine rings is 1. The molecule has 0 aliphatic heterocycles. The summed E-state index contributed by atoms with van der Waals surface area (Å²) in [6, 6.07) is 3.94. The lowest BCUT2D eigenvalue weighted by molar-refractivity contribution is 1.01. The average molecular weight is 221 g/mol. The fourth-order valence-electron chi connectivity index (χ4n) is 1.26. The summed E-state index contributed by atoms with van der Waals surface area (Å²) in [7, 11) is 0. The van der Waals surface area contributed by atoms with Gasteiger partial charge in [-0.25, -0.2) is 0 Å². The van der Waals surface area contributed by atoms with Crippen molar-refractivity contribution in [2.45, 2.75) is 6.42 Å². The van der Waals surface area contributed by atoms with Crippen molar-refractivity contribution in [2.75, 3.05) is 11.9 Å². The molecule has 0 atom stereocenters. The number of H-pyrrole nitrogens is 1. The first-order valence-corrected chi connectivity index (χ1v) is 5.53. The average Bonchev–Trinajstić information content (AvgIpc) is 2.66. The van der Waals surface area contributed by atoms with Crippen LogP contribution in [0.1, 0.15) is 5.56 Å². The second-order valence-electron chi connectivity index (χ2n) is 3.11. The predicted molar refractivity (Wildman–Crippen MR) is 61.4 cm³/mol. The number of hydrogen-bond acceptors (Lipinski definition) is 4. The SMILES string of the molecule is O=c1[nH]scc1NCCc1ccncc1. The maximum Gasteiger partial charge on any atom is 0.281 e. The molecule has 2 heterocycles. The van der Waals surface area contributed by atoms with Crippen LogP contribution in [0.3, 0.4) is 0 Å². The van der Waals surface area contributed by atoms with Gasteiger partial charge in [-0.05, 0) is 24.1 Å². The number of nitrogens with one attached hydrogen (secondary N) is 2. The maximum absolute atomic E-state index is 11.1. The molecule has 2 rings (SSSR count). The summed E-state index contributed by atoms with van der Waals surface area (Å²) in [6.45, 7) is 0.754. The highest BCUT2D eigenvalue weighted by Gasteiger charge is 1.98. The van der Waals surface area contributed by atoms with Crippen LogP contribution < -0.4 is 10.9 Å². The van der Waals surface area contributed by atoms with E-state index in [1.165, 1.54) is 17.1 Å². The standard InChI is InChI=1S/C10H11N3OS/c14-10-9(7-15-13-10)12-6-3-8-1-4-11-5-2-8/h1-2,4-5,7,12H,3,6H2,(H,13,14). The Labute approximate surface area is 91.2 Å². The Morgan fingerprint density at radius 3 is 2.87 bits per heavy atom. The first-order chi connectivity index (χ1) is 7.36. The first-order valence-electron chi connectivity index (χ1n) is 4.65. The van der Waals surface area contributed by atoms with E-state index >= 15 is 0 Å². The van der Waals surface area contributed by atoms with Gasteiger partial charge in [0.05, 0.1) is 0 Å². The summed E-state index contributed by atoms with van der Waals surface area (Å²) in [6.07, 6.45) is 4.43. The fraction of sp³-hybridized carbons (Fsp3) is 0.200. The number of hydrogen-bond donors (Lipinski definition) is 2. The molecular weight excluding hydrogens is 210 g/mol. The van der Waals surface area contributed by atoms with Crippen molar-refractivity contribution in [3.05, 3.63) is 45.8 Å². The third-order valence-corrected chi connectivity index (χ3v) is 2.71. The molecule has 4 nitrogen and oxygen atoms in total. The van der Waals surface area contributed by atoms with Crippen LogP contribution in [0.5, 0.6) is 0 Å². The first kappa shape index (κ1) is 9.92. The van der Waals surface area contributed by atoms with Gasteiger partial charge in [0, 0.05) is 24.3 Å². The van der Waals surface area contributed by atoms with Gasteiger partial charge in [-0.15, -0.1) is 0 Å². The summed E-state index contributed by atoms with van der Waals surface area (Å²) in [5.41, 5.74) is 1.81. The molecule has 0 amide bonds. The molecular formula is C10H11N3OS. The molecule has 5 heteroatoms. The van der Waals surface area contributed by atoms with Gasteiger partial charge in [0.1, 0.15) is 5.69 Å². The molecule has 0 saturated heterocycles. The predicted octanol–water partition coefficient (Wildman–Crippen LogP) is 1.49. The van der Waals surface area contributed by atoms with E-state index in [9.17, 15) is 4.79 Å². The van der Waals surface area contributed by atoms with Crippen LogP contribution in [0.25, 0.3) is 0 Å². The van der Waals surface area contributed by atoms with Gasteiger partial charge < -0.3 is 5.32 Å². The Kier molecular flexibility index (Phi) is 3.14. The Morgan fingerprint density at radius 2 is 2.20 bits per heavy atom. The fourth-order valence-corrected chi connectivity index (χ4v) is 1.85. The number of aromatic amines is 1. The largest absolute Gasteiger partial charge is 0.380 e. The van der Waals surface area contributed by atoms with E-state index in [2.05, 4.69) is 14.7 Å². The van der Waals surface area contributed by atoms with Crippen molar-refractivity contribution in [1.29, 1.82) is 0 Å². The minimum absolute atomic E-state index is 0.0465. The number of anilines is 1. The molecule has 2 N–H and O–H groups in total. The zero-order chi connectivity index (χ0) is 10.5. The molecule has 0 aliphatic rings. The monoisotopic (exact) mass is 221 g/mol. The van der Waals surface area contributed by atoms with Crippen molar-refractivity contribution in [3.8, 4) is 0 Å². The van der Waals surface area contributed by atoms with Crippen molar-refractivity contribution in [2.24, 2.45) is 0 Å². The maximum atomic E-state index is 11.1. The van der Waals surface area contributed by atoms with Gasteiger partial charge >= 0.3 is 0 Å². The van der Waals surface area contributed by atoms with Crippen molar-refractivity contribution in [1.82, 2.24) is 9.36 Å². The summed E-state index contributed by atoms with van der Waals surface area (Å²) < 4.78 is 2.63. The Hall–Kier alpha value is -1.62. The van der Waals surface area contributed by atoms with Crippen LogP contribution in [0.4, 0.5) is 5.69 Å². The van der Waals surface area contributed by atoms with Gasteiger partial charge in [-0.3, -0.25) is 14.2 Å². The highest BCUT2D eigenvalue weighted by molar-refractivity contribution is 7.03. The van der Waals surface area contributed by atoms with Crippen LogP contribution in [0, 0.1) is 0 Å². The lowest BCUT2D eigenvalue weighted by Crippen LogP contribution is -2.11. The number of aromatic nitrogens is 2. The molecule has 0 fully saturated rings. The molecule has 2 aromatic heterocycles. The van der Waals surface area contributed by atoms with Gasteiger partial charge in [0.15, 0.2) is 0 Å². The van der Waals surface area contributed by atoms with Crippen LogP contribution in [-0.2, 0) is 6.42 Å². The lowest BCUT2D eigenvalue weighted by atomic mass is 10.2. The quantitative estimate of drug-likeness (QED) is 0.822. The molecule has 78 valence electrons. The van der Waals surface area contributed by atoms with Crippen LogP contribution >= 0.6 is 11.5 Å². The van der Waals surface area contributed by atoms with E-state index in [-0.39, 0.29) is 5.56 Å². The van der Waals surface area contributed by atoms with Crippen molar-refractivity contribution < 1.29 is 0 Å². The minimum atomic E-state index is -0.0465. The summed E-state index contributed by atoms with van der Waals surface area (Å²) >= 11 is 1.30. The molecule has 0 aromatic carbocycles. The van der Waals surface area contributed by atoms with E-state index in [0.29, 0.717) is 5.69 Å². The summed E-state index contributed by atoms with van der Waals surface area (Å²) in [5, 5.41) is 4.87. The van der Waals surface area contributed by atoms with Gasteiger partial charge in [0.25, 0.3) is 5.56 Å². The van der Waals surface area contributed by atoms with Gasteiger partial charge in [0.2, 0.25) is 0 Å². The van der Waals surface area contributed by atoms with Gasteiger partial charge in [-0.1, -0.05) is 11.5 Å².